The molecule has 2 nitrogen and oxygen atoms in total. The lowest BCUT2D eigenvalue weighted by molar-refractivity contribution is -0.254. The highest BCUT2D eigenvalue weighted by Crippen LogP contribution is 2.29. The van der Waals surface area contributed by atoms with Crippen molar-refractivity contribution in [3.05, 3.63) is 34.7 Å². The molecule has 0 fully saturated rings. The molecule has 0 radical (unpaired) electrons. The molecular weight excluding hydrogens is 184 g/mol. The molecule has 2 aromatic rings. The molecule has 0 aliphatic carbocycles. The minimum atomic E-state index is -1.08. The van der Waals surface area contributed by atoms with Crippen LogP contribution in [0.2, 0.25) is 0 Å². The second kappa shape index (κ2) is 2.85. The Kier molecular flexibility index (Phi) is 1.81. The number of carboxylic acids is 1. The number of rotatable bonds is 1. The van der Waals surface area contributed by atoms with Crippen LogP contribution in [0.3, 0.4) is 0 Å². The van der Waals surface area contributed by atoms with Gasteiger partial charge in [0.1, 0.15) is 0 Å². The molecule has 66 valence electrons. The van der Waals surface area contributed by atoms with Crippen LogP contribution in [0.25, 0.3) is 10.1 Å². The summed E-state index contributed by atoms with van der Waals surface area (Å²) < 4.78 is 0.999. The summed E-state index contributed by atoms with van der Waals surface area (Å²) in [5.74, 6) is -1.08. The van der Waals surface area contributed by atoms with Gasteiger partial charge in [-0.2, -0.15) is 0 Å². The summed E-state index contributed by atoms with van der Waals surface area (Å²) in [6, 6.07) is 7.64. The number of carbonyl (C=O) groups is 1. The predicted octanol–water partition coefficient (Wildman–Crippen LogP) is 1.57. The second-order valence-corrected chi connectivity index (χ2v) is 3.89. The number of thiophene rings is 1. The van der Waals surface area contributed by atoms with Gasteiger partial charge in [0.25, 0.3) is 0 Å². The Morgan fingerprint density at radius 1 is 1.38 bits per heavy atom. The van der Waals surface area contributed by atoms with Gasteiger partial charge < -0.3 is 9.90 Å². The third kappa shape index (κ3) is 1.21. The first kappa shape index (κ1) is 8.26. The van der Waals surface area contributed by atoms with Crippen LogP contribution in [-0.2, 0) is 0 Å². The molecular formula is C10H7O2S-. The van der Waals surface area contributed by atoms with Gasteiger partial charge in [-0.05, 0) is 23.9 Å². The topological polar surface area (TPSA) is 40.1 Å². The van der Waals surface area contributed by atoms with E-state index in [0.29, 0.717) is 4.88 Å². The smallest absolute Gasteiger partial charge is 0.0818 e. The van der Waals surface area contributed by atoms with Gasteiger partial charge in [0.2, 0.25) is 0 Å². The van der Waals surface area contributed by atoms with Crippen LogP contribution in [-0.4, -0.2) is 5.97 Å². The van der Waals surface area contributed by atoms with Crippen molar-refractivity contribution in [2.45, 2.75) is 6.92 Å². The van der Waals surface area contributed by atoms with Gasteiger partial charge >= 0.3 is 0 Å². The third-order valence-corrected chi connectivity index (χ3v) is 3.28. The quantitative estimate of drug-likeness (QED) is 0.686. The second-order valence-electron chi connectivity index (χ2n) is 2.84. The van der Waals surface area contributed by atoms with Crippen LogP contribution >= 0.6 is 11.3 Å². The van der Waals surface area contributed by atoms with Gasteiger partial charge in [-0.25, -0.2) is 0 Å². The number of aryl methyl sites for hydroxylation is 1. The molecule has 0 atom stereocenters. The first-order valence-corrected chi connectivity index (χ1v) is 4.71. The molecule has 0 N–H and O–H groups in total. The molecule has 13 heavy (non-hydrogen) atoms. The van der Waals surface area contributed by atoms with Crippen molar-refractivity contribution in [2.75, 3.05) is 0 Å². The zero-order chi connectivity index (χ0) is 9.42. The first-order chi connectivity index (χ1) is 6.20. The van der Waals surface area contributed by atoms with Gasteiger partial charge in [0, 0.05) is 4.70 Å². The molecule has 2 rings (SSSR count). The van der Waals surface area contributed by atoms with Crippen LogP contribution in [0, 0.1) is 6.92 Å². The average molecular weight is 191 g/mol. The van der Waals surface area contributed by atoms with Crippen molar-refractivity contribution in [1.82, 2.24) is 0 Å². The van der Waals surface area contributed by atoms with Crippen molar-refractivity contribution in [3.63, 3.8) is 0 Å². The summed E-state index contributed by atoms with van der Waals surface area (Å²) in [6.45, 7) is 1.81. The summed E-state index contributed by atoms with van der Waals surface area (Å²) in [7, 11) is 0. The SMILES string of the molecule is Cc1c(C(=O)[O-])sc2ccccc12. The maximum absolute atomic E-state index is 10.7. The zero-order valence-corrected chi connectivity index (χ0v) is 7.85. The minimum Gasteiger partial charge on any atom is -0.544 e. The lowest BCUT2D eigenvalue weighted by Crippen LogP contribution is -2.21. The maximum atomic E-state index is 10.7. The first-order valence-electron chi connectivity index (χ1n) is 3.89. The zero-order valence-electron chi connectivity index (χ0n) is 7.03. The largest absolute Gasteiger partial charge is 0.544 e. The van der Waals surface area contributed by atoms with E-state index < -0.39 is 5.97 Å². The molecule has 0 bridgehead atoms. The van der Waals surface area contributed by atoms with Crippen LogP contribution in [0.15, 0.2) is 24.3 Å². The average Bonchev–Trinajstić information content (AvgIpc) is 2.45. The molecule has 1 aromatic heterocycles. The molecule has 1 heterocycles. The Morgan fingerprint density at radius 2 is 2.08 bits per heavy atom. The Bertz CT molecular complexity index is 471. The van der Waals surface area contributed by atoms with E-state index in [4.69, 9.17) is 0 Å². The number of benzene rings is 1. The molecule has 3 heteroatoms. The molecule has 0 amide bonds. The number of aromatic carboxylic acids is 1. The molecule has 1 aromatic carbocycles. The summed E-state index contributed by atoms with van der Waals surface area (Å²) in [6.07, 6.45) is 0. The number of hydrogen-bond donors (Lipinski definition) is 0. The van der Waals surface area contributed by atoms with Crippen LogP contribution in [0.1, 0.15) is 15.2 Å². The van der Waals surface area contributed by atoms with Crippen molar-refractivity contribution < 1.29 is 9.90 Å². The molecule has 0 aliphatic rings. The molecule has 0 saturated heterocycles. The van der Waals surface area contributed by atoms with E-state index in [-0.39, 0.29) is 0 Å². The summed E-state index contributed by atoms with van der Waals surface area (Å²) in [5.41, 5.74) is 0.806. The van der Waals surface area contributed by atoms with Crippen LogP contribution < -0.4 is 5.11 Å². The van der Waals surface area contributed by atoms with Gasteiger partial charge in [-0.1, -0.05) is 18.2 Å². The highest BCUT2D eigenvalue weighted by molar-refractivity contribution is 7.20. The minimum absolute atomic E-state index is 0.334. The number of hydrogen-bond acceptors (Lipinski definition) is 3. The van der Waals surface area contributed by atoms with E-state index in [1.54, 1.807) is 0 Å². The van der Waals surface area contributed by atoms with Crippen LogP contribution in [0.5, 0.6) is 0 Å². The Hall–Kier alpha value is -1.35. The number of carboxylic acid groups (broad SMARTS) is 1. The standard InChI is InChI=1S/C10H8O2S/c1-6-7-4-2-3-5-8(7)13-9(6)10(11)12/h2-5H,1H3,(H,11,12)/p-1. The Morgan fingerprint density at radius 3 is 2.69 bits per heavy atom. The van der Waals surface area contributed by atoms with Gasteiger partial charge in [0.05, 0.1) is 10.8 Å². The van der Waals surface area contributed by atoms with E-state index in [2.05, 4.69) is 0 Å². The highest BCUT2D eigenvalue weighted by atomic mass is 32.1. The molecule has 0 unspecified atom stereocenters. The molecule has 0 aliphatic heterocycles. The third-order valence-electron chi connectivity index (χ3n) is 2.03. The summed E-state index contributed by atoms with van der Waals surface area (Å²) >= 11 is 1.27. The van der Waals surface area contributed by atoms with Crippen molar-refractivity contribution in [1.29, 1.82) is 0 Å². The fourth-order valence-electron chi connectivity index (χ4n) is 1.37. The van der Waals surface area contributed by atoms with Gasteiger partial charge in [0.15, 0.2) is 0 Å². The number of fused-ring (bicyclic) bond motifs is 1. The fraction of sp³-hybridized carbons (Fsp3) is 0.100. The fourth-order valence-corrected chi connectivity index (χ4v) is 2.41. The lowest BCUT2D eigenvalue weighted by atomic mass is 10.1. The van der Waals surface area contributed by atoms with E-state index >= 15 is 0 Å². The van der Waals surface area contributed by atoms with Crippen molar-refractivity contribution in [2.24, 2.45) is 0 Å². The lowest BCUT2D eigenvalue weighted by Gasteiger charge is -1.97. The van der Waals surface area contributed by atoms with Crippen molar-refractivity contribution in [3.8, 4) is 0 Å². The monoisotopic (exact) mass is 191 g/mol. The van der Waals surface area contributed by atoms with Gasteiger partial charge in [-0.15, -0.1) is 11.3 Å². The van der Waals surface area contributed by atoms with Gasteiger partial charge in [-0.3, -0.25) is 0 Å². The molecule has 0 spiro atoms. The summed E-state index contributed by atoms with van der Waals surface area (Å²) in [5, 5.41) is 11.7. The Labute approximate surface area is 79.4 Å². The van der Waals surface area contributed by atoms with E-state index in [1.807, 2.05) is 31.2 Å². The Balaban J connectivity index is 2.81. The van der Waals surface area contributed by atoms with Crippen LogP contribution in [0.4, 0.5) is 0 Å². The predicted molar refractivity (Wildman–Crippen MR) is 50.9 cm³/mol. The van der Waals surface area contributed by atoms with Crippen molar-refractivity contribution >= 4 is 27.4 Å². The number of carbonyl (C=O) groups excluding carboxylic acids is 1. The van der Waals surface area contributed by atoms with E-state index in [9.17, 15) is 9.90 Å². The van der Waals surface area contributed by atoms with E-state index in [0.717, 1.165) is 15.6 Å². The highest BCUT2D eigenvalue weighted by Gasteiger charge is 2.07. The normalized spacial score (nSPS) is 10.5. The van der Waals surface area contributed by atoms with E-state index in [1.165, 1.54) is 11.3 Å². The summed E-state index contributed by atoms with van der Waals surface area (Å²) in [4.78, 5) is 11.0. The maximum Gasteiger partial charge on any atom is 0.0818 e. The molecule has 0 saturated carbocycles.